The van der Waals surface area contributed by atoms with Crippen LogP contribution in [0.3, 0.4) is 0 Å². The maximum atomic E-state index is 13.9. The molecule has 4 fully saturated rings. The van der Waals surface area contributed by atoms with Crippen molar-refractivity contribution in [1.29, 1.82) is 0 Å². The van der Waals surface area contributed by atoms with Gasteiger partial charge < -0.3 is 23.9 Å². The number of carboxylic acids is 1. The Labute approximate surface area is 252 Å². The number of nitrogens with zero attached hydrogens (tertiary/aromatic N) is 5. The summed E-state index contributed by atoms with van der Waals surface area (Å²) < 4.78 is 47.1. The number of carbonyl (C=O) groups is 1. The first kappa shape index (κ1) is 28.6. The Kier molecular flexibility index (Phi) is 7.41. The molecule has 0 spiro atoms. The largest absolute Gasteiger partial charge is 0.483 e. The summed E-state index contributed by atoms with van der Waals surface area (Å²) in [7, 11) is 0. The van der Waals surface area contributed by atoms with Gasteiger partial charge in [-0.2, -0.15) is 4.98 Å². The number of imidazole rings is 1. The zero-order valence-corrected chi connectivity index (χ0v) is 24.3. The van der Waals surface area contributed by atoms with Crippen LogP contribution >= 0.6 is 0 Å². The Morgan fingerprint density at radius 1 is 1.16 bits per heavy atom. The molecule has 4 aromatic rings. The van der Waals surface area contributed by atoms with Gasteiger partial charge in [-0.1, -0.05) is 0 Å². The molecular weight excluding hydrogens is 572 g/mol. The SMILES string of the molecule is C[C@H]1C[C@@H](Oc2ccnc(COc3ccc(F)cc3F)n2)CCN1Cc1nc2ccc(C(=O)O)cc2n1CC12CC(CO1)C2. The van der Waals surface area contributed by atoms with Crippen molar-refractivity contribution in [3.8, 4) is 11.6 Å². The first-order valence-electron chi connectivity index (χ1n) is 14.9. The van der Waals surface area contributed by atoms with E-state index in [0.717, 1.165) is 67.8 Å². The van der Waals surface area contributed by atoms with E-state index in [1.165, 1.54) is 6.07 Å². The van der Waals surface area contributed by atoms with E-state index in [1.807, 2.05) is 0 Å². The average molecular weight is 606 g/mol. The smallest absolute Gasteiger partial charge is 0.335 e. The number of hydrogen-bond donors (Lipinski definition) is 1. The summed E-state index contributed by atoms with van der Waals surface area (Å²) in [6, 6.07) is 10.1. The van der Waals surface area contributed by atoms with Crippen LogP contribution in [0, 0.1) is 17.6 Å². The normalized spacial score (nSPS) is 24.8. The van der Waals surface area contributed by atoms with Crippen LogP contribution in [0.2, 0.25) is 0 Å². The minimum absolute atomic E-state index is 0.0610. The first-order chi connectivity index (χ1) is 21.2. The van der Waals surface area contributed by atoms with Gasteiger partial charge >= 0.3 is 5.97 Å². The van der Waals surface area contributed by atoms with Crippen LogP contribution in [0.15, 0.2) is 48.7 Å². The van der Waals surface area contributed by atoms with Gasteiger partial charge in [-0.05, 0) is 68.9 Å². The molecule has 0 unspecified atom stereocenters. The molecule has 230 valence electrons. The number of rotatable bonds is 10. The predicted octanol–water partition coefficient (Wildman–Crippen LogP) is 4.99. The molecular formula is C32H33F2N5O5. The highest BCUT2D eigenvalue weighted by Gasteiger charge is 2.52. The average Bonchev–Trinajstić information content (AvgIpc) is 3.67. The molecule has 12 heteroatoms. The number of benzene rings is 2. The molecule has 1 saturated carbocycles. The van der Waals surface area contributed by atoms with Crippen molar-refractivity contribution in [2.45, 2.75) is 70.1 Å². The molecule has 3 saturated heterocycles. The van der Waals surface area contributed by atoms with Crippen LogP contribution < -0.4 is 9.47 Å². The molecule has 0 radical (unpaired) electrons. The number of fused-ring (bicyclic) bond motifs is 2. The summed E-state index contributed by atoms with van der Waals surface area (Å²) in [4.78, 5) is 27.6. The minimum Gasteiger partial charge on any atom is -0.483 e. The summed E-state index contributed by atoms with van der Waals surface area (Å²) in [5, 5.41) is 9.60. The van der Waals surface area contributed by atoms with Crippen molar-refractivity contribution in [1.82, 2.24) is 24.4 Å². The Morgan fingerprint density at radius 2 is 2.02 bits per heavy atom. The lowest BCUT2D eigenvalue weighted by molar-refractivity contribution is -0.0142. The third-order valence-electron chi connectivity index (χ3n) is 9.00. The van der Waals surface area contributed by atoms with E-state index in [2.05, 4.69) is 26.4 Å². The van der Waals surface area contributed by atoms with Gasteiger partial charge in [-0.25, -0.2) is 23.5 Å². The molecule has 8 rings (SSSR count). The number of carboxylic acid groups (broad SMARTS) is 1. The van der Waals surface area contributed by atoms with Crippen LogP contribution in [0.25, 0.3) is 11.0 Å². The zero-order chi connectivity index (χ0) is 30.4. The van der Waals surface area contributed by atoms with E-state index in [9.17, 15) is 18.7 Å². The van der Waals surface area contributed by atoms with Crippen LogP contribution in [0.4, 0.5) is 8.78 Å². The standard InChI is InChI=1S/C32H33F2N5O5/c1-19-10-23(44-30-6-8-35-28(37-30)17-42-27-5-3-22(33)12-24(27)34)7-9-38(19)15-29-36-25-4-2-21(31(40)41)11-26(25)39(29)18-32-13-20(14-32)16-43-32/h2-6,8,11-12,19-20,23H,7,9-10,13-18H2,1H3,(H,40,41)/t19-,20?,23-,32?/m0/s1. The number of aromatic nitrogens is 4. The third-order valence-corrected chi connectivity index (χ3v) is 9.00. The van der Waals surface area contributed by atoms with Crippen molar-refractivity contribution in [2.75, 3.05) is 13.2 Å². The Morgan fingerprint density at radius 3 is 2.77 bits per heavy atom. The monoisotopic (exact) mass is 605 g/mol. The van der Waals surface area contributed by atoms with Gasteiger partial charge in [0.05, 0.1) is 41.9 Å². The highest BCUT2D eigenvalue weighted by molar-refractivity contribution is 5.92. The van der Waals surface area contributed by atoms with E-state index in [4.69, 9.17) is 19.2 Å². The fourth-order valence-electron chi connectivity index (χ4n) is 6.71. The summed E-state index contributed by atoms with van der Waals surface area (Å²) >= 11 is 0. The third kappa shape index (κ3) is 5.71. The fourth-order valence-corrected chi connectivity index (χ4v) is 6.71. The van der Waals surface area contributed by atoms with E-state index in [1.54, 1.807) is 30.5 Å². The van der Waals surface area contributed by atoms with E-state index in [0.29, 0.717) is 30.7 Å². The van der Waals surface area contributed by atoms with Gasteiger partial charge in [0.2, 0.25) is 5.88 Å². The van der Waals surface area contributed by atoms with Crippen molar-refractivity contribution < 1.29 is 32.9 Å². The lowest BCUT2D eigenvalue weighted by Crippen LogP contribution is -2.45. The molecule has 2 aromatic carbocycles. The van der Waals surface area contributed by atoms with Gasteiger partial charge in [0, 0.05) is 30.9 Å². The quantitative estimate of drug-likeness (QED) is 0.267. The molecule has 5 heterocycles. The fraction of sp³-hybridized carbons (Fsp3) is 0.438. The Bertz CT molecular complexity index is 1700. The molecule has 1 aliphatic carbocycles. The molecule has 2 aromatic heterocycles. The number of ether oxygens (including phenoxy) is 3. The van der Waals surface area contributed by atoms with Crippen molar-refractivity contribution in [3.05, 3.63) is 77.5 Å². The second-order valence-corrected chi connectivity index (χ2v) is 12.1. The second-order valence-electron chi connectivity index (χ2n) is 12.1. The lowest BCUT2D eigenvalue weighted by Gasteiger charge is -2.38. The Balaban J connectivity index is 1.01. The summed E-state index contributed by atoms with van der Waals surface area (Å²) in [6.07, 6.45) is 5.12. The van der Waals surface area contributed by atoms with Gasteiger partial charge in [0.25, 0.3) is 0 Å². The van der Waals surface area contributed by atoms with Crippen molar-refractivity contribution in [2.24, 2.45) is 5.92 Å². The van der Waals surface area contributed by atoms with Crippen LogP contribution in [-0.2, 0) is 24.4 Å². The molecule has 2 bridgehead atoms. The highest BCUT2D eigenvalue weighted by atomic mass is 19.1. The summed E-state index contributed by atoms with van der Waals surface area (Å²) in [6.45, 7) is 4.94. The predicted molar refractivity (Wildman–Crippen MR) is 154 cm³/mol. The topological polar surface area (TPSA) is 112 Å². The number of piperidine rings is 1. The highest BCUT2D eigenvalue weighted by Crippen LogP contribution is 2.49. The van der Waals surface area contributed by atoms with E-state index < -0.39 is 17.6 Å². The van der Waals surface area contributed by atoms with Gasteiger partial charge in [-0.3, -0.25) is 4.90 Å². The molecule has 44 heavy (non-hydrogen) atoms. The van der Waals surface area contributed by atoms with Gasteiger partial charge in [0.15, 0.2) is 17.4 Å². The molecule has 1 N–H and O–H groups in total. The van der Waals surface area contributed by atoms with Crippen molar-refractivity contribution in [3.63, 3.8) is 0 Å². The Hall–Kier alpha value is -4.16. The van der Waals surface area contributed by atoms with Crippen LogP contribution in [-0.4, -0.2) is 66.4 Å². The molecule has 2 atom stereocenters. The van der Waals surface area contributed by atoms with Crippen LogP contribution in [0.1, 0.15) is 54.6 Å². The van der Waals surface area contributed by atoms with E-state index >= 15 is 0 Å². The molecule has 10 nitrogen and oxygen atoms in total. The van der Waals surface area contributed by atoms with Crippen molar-refractivity contribution >= 4 is 17.0 Å². The maximum absolute atomic E-state index is 13.9. The summed E-state index contributed by atoms with van der Waals surface area (Å²) in [5.41, 5.74) is 1.67. The number of hydrogen-bond acceptors (Lipinski definition) is 8. The maximum Gasteiger partial charge on any atom is 0.335 e. The molecule has 0 amide bonds. The van der Waals surface area contributed by atoms with Gasteiger partial charge in [0.1, 0.15) is 24.4 Å². The van der Waals surface area contributed by atoms with Gasteiger partial charge in [-0.15, -0.1) is 0 Å². The zero-order valence-electron chi connectivity index (χ0n) is 24.3. The molecule has 3 aliphatic heterocycles. The van der Waals surface area contributed by atoms with Crippen LogP contribution in [0.5, 0.6) is 11.6 Å². The minimum atomic E-state index is -0.957. The lowest BCUT2D eigenvalue weighted by atomic mass is 9.74. The first-order valence-corrected chi connectivity index (χ1v) is 14.9. The van der Waals surface area contributed by atoms with E-state index in [-0.39, 0.29) is 35.7 Å². The number of aromatic carboxylic acids is 1. The summed E-state index contributed by atoms with van der Waals surface area (Å²) in [5.74, 6) is -0.240. The number of halogens is 2. The molecule has 4 aliphatic rings. The number of likely N-dealkylation sites (tertiary alicyclic amines) is 1. The second kappa shape index (κ2) is 11.4.